The summed E-state index contributed by atoms with van der Waals surface area (Å²) in [6.07, 6.45) is 8.61. The maximum Gasteiger partial charge on any atom is 0.0737 e. The fourth-order valence-electron chi connectivity index (χ4n) is 7.30. The SMILES string of the molecule is Cc1ccc(-c2c3nc(c(-c4ccc(C)cc4)c4ccc([nH]4)c(-c4ccc(C)cc4)c4nc(c(-c5ccc(C)cc5)c5ccc2[nH]5)C=C4)C=C3)cc1.[Zn]. The number of nitrogens with zero attached hydrogens (tertiary/aromatic N) is 2. The van der Waals surface area contributed by atoms with Crippen LogP contribution in [0.1, 0.15) is 45.0 Å². The maximum absolute atomic E-state index is 5.41. The summed E-state index contributed by atoms with van der Waals surface area (Å²) in [7, 11) is 0. The largest absolute Gasteiger partial charge is 0.354 e. The van der Waals surface area contributed by atoms with Gasteiger partial charge in [-0.15, -0.1) is 0 Å². The second-order valence-electron chi connectivity index (χ2n) is 14.0. The third-order valence-electron chi connectivity index (χ3n) is 10.1. The number of aryl methyl sites for hydroxylation is 4. The molecule has 5 heterocycles. The smallest absolute Gasteiger partial charge is 0.0737 e. The van der Waals surface area contributed by atoms with Gasteiger partial charge in [0.15, 0.2) is 0 Å². The summed E-state index contributed by atoms with van der Waals surface area (Å²) < 4.78 is 0. The van der Waals surface area contributed by atoms with Gasteiger partial charge in [-0.3, -0.25) is 0 Å². The number of aromatic nitrogens is 4. The molecular formula is C48H38N4Zn. The van der Waals surface area contributed by atoms with Gasteiger partial charge in [-0.2, -0.15) is 0 Å². The molecule has 0 unspecified atom stereocenters. The Morgan fingerprint density at radius 3 is 0.717 bits per heavy atom. The summed E-state index contributed by atoms with van der Waals surface area (Å²) >= 11 is 0. The zero-order chi connectivity index (χ0) is 35.3. The number of rotatable bonds is 4. The number of hydrogen-bond acceptors (Lipinski definition) is 2. The molecule has 9 rings (SSSR count). The first-order chi connectivity index (χ1) is 25.4. The molecule has 3 aromatic heterocycles. The van der Waals surface area contributed by atoms with Crippen LogP contribution in [0.3, 0.4) is 0 Å². The summed E-state index contributed by atoms with van der Waals surface area (Å²) in [6.45, 7) is 8.49. The van der Waals surface area contributed by atoms with Gasteiger partial charge in [0.2, 0.25) is 0 Å². The number of benzene rings is 4. The normalized spacial score (nSPS) is 11.8. The molecule has 2 N–H and O–H groups in total. The standard InChI is InChI=1S/C48H38N4.Zn/c1-29-5-13-33(14-6-29)45-37-21-23-39(49-37)46(34-15-7-30(2)8-16-34)41-25-27-43(51-41)48(36-19-11-32(4)12-20-36)44-28-26-42(52-44)47(40-24-22-38(45)50-40)35-17-9-31(3)10-18-35;/h5-28,49,52H,1-4H3;. The molecule has 7 aromatic rings. The Balaban J connectivity index is 0.00000400. The Kier molecular flexibility index (Phi) is 8.98. The molecule has 5 heteroatoms. The Morgan fingerprint density at radius 2 is 0.509 bits per heavy atom. The summed E-state index contributed by atoms with van der Waals surface area (Å²) in [5.74, 6) is 0. The minimum Gasteiger partial charge on any atom is -0.354 e. The molecule has 0 radical (unpaired) electrons. The molecule has 2 aliphatic heterocycles. The Bertz CT molecular complexity index is 2350. The van der Waals surface area contributed by atoms with Crippen LogP contribution in [0.4, 0.5) is 0 Å². The van der Waals surface area contributed by atoms with E-state index in [1.165, 1.54) is 22.3 Å². The molecule has 0 amide bonds. The van der Waals surface area contributed by atoms with E-state index in [0.29, 0.717) is 0 Å². The first-order valence-electron chi connectivity index (χ1n) is 17.8. The number of nitrogens with one attached hydrogen (secondary N) is 2. The molecule has 8 bridgehead atoms. The van der Waals surface area contributed by atoms with Gasteiger partial charge in [0.25, 0.3) is 0 Å². The molecule has 0 aliphatic carbocycles. The van der Waals surface area contributed by atoms with Crippen LogP contribution in [0, 0.1) is 27.7 Å². The summed E-state index contributed by atoms with van der Waals surface area (Å²) in [5, 5.41) is 0. The van der Waals surface area contributed by atoms with Crippen LogP contribution in [-0.2, 0) is 19.5 Å². The molecule has 0 spiro atoms. The van der Waals surface area contributed by atoms with E-state index in [1.54, 1.807) is 0 Å². The van der Waals surface area contributed by atoms with Gasteiger partial charge in [0.1, 0.15) is 0 Å². The molecular weight excluding hydrogens is 698 g/mol. The van der Waals surface area contributed by atoms with Gasteiger partial charge in [-0.05, 0) is 98.5 Å². The van der Waals surface area contributed by atoms with Crippen molar-refractivity contribution in [3.8, 4) is 44.5 Å². The zero-order valence-electron chi connectivity index (χ0n) is 30.5. The van der Waals surface area contributed by atoms with Crippen molar-refractivity contribution in [3.63, 3.8) is 0 Å². The zero-order valence-corrected chi connectivity index (χ0v) is 33.4. The van der Waals surface area contributed by atoms with Crippen LogP contribution in [-0.4, -0.2) is 19.9 Å². The molecule has 0 atom stereocenters. The fourth-order valence-corrected chi connectivity index (χ4v) is 7.30. The van der Waals surface area contributed by atoms with Gasteiger partial charge in [0.05, 0.1) is 22.8 Å². The molecule has 252 valence electrons. The monoisotopic (exact) mass is 734 g/mol. The van der Waals surface area contributed by atoms with E-state index in [2.05, 4.69) is 183 Å². The van der Waals surface area contributed by atoms with Crippen LogP contribution in [0.5, 0.6) is 0 Å². The van der Waals surface area contributed by atoms with Crippen LogP contribution in [0.25, 0.3) is 90.9 Å². The number of hydrogen-bond donors (Lipinski definition) is 2. The van der Waals surface area contributed by atoms with E-state index in [0.717, 1.165) is 89.4 Å². The topological polar surface area (TPSA) is 57.4 Å². The Labute approximate surface area is 322 Å². The quantitative estimate of drug-likeness (QED) is 0.177. The third kappa shape index (κ3) is 6.43. The first kappa shape index (κ1) is 34.2. The number of fused-ring (bicyclic) bond motifs is 8. The van der Waals surface area contributed by atoms with Crippen molar-refractivity contribution in [2.75, 3.05) is 0 Å². The summed E-state index contributed by atoms with van der Waals surface area (Å²) in [6, 6.07) is 43.6. The number of H-pyrrole nitrogens is 2. The van der Waals surface area contributed by atoms with E-state index in [4.69, 9.17) is 9.97 Å². The van der Waals surface area contributed by atoms with Gasteiger partial charge in [0, 0.05) is 63.8 Å². The maximum atomic E-state index is 5.41. The van der Waals surface area contributed by atoms with Crippen molar-refractivity contribution in [1.29, 1.82) is 0 Å². The van der Waals surface area contributed by atoms with Crippen molar-refractivity contribution in [2.24, 2.45) is 0 Å². The summed E-state index contributed by atoms with van der Waals surface area (Å²) in [4.78, 5) is 18.5. The Morgan fingerprint density at radius 1 is 0.302 bits per heavy atom. The fraction of sp³-hybridized carbons (Fsp3) is 0.0833. The van der Waals surface area contributed by atoms with E-state index in [1.807, 2.05) is 0 Å². The average Bonchev–Trinajstić information content (AvgIpc) is 3.99. The second-order valence-corrected chi connectivity index (χ2v) is 14.0. The Hall–Kier alpha value is -5.90. The van der Waals surface area contributed by atoms with E-state index < -0.39 is 0 Å². The predicted octanol–water partition coefficient (Wildman–Crippen LogP) is 12.6. The minimum absolute atomic E-state index is 0. The van der Waals surface area contributed by atoms with Gasteiger partial charge < -0.3 is 9.97 Å². The van der Waals surface area contributed by atoms with Crippen LogP contribution < -0.4 is 0 Å². The second kappa shape index (κ2) is 13.9. The minimum atomic E-state index is 0. The molecule has 4 nitrogen and oxygen atoms in total. The van der Waals surface area contributed by atoms with Crippen molar-refractivity contribution in [2.45, 2.75) is 27.7 Å². The van der Waals surface area contributed by atoms with Crippen LogP contribution in [0.15, 0.2) is 121 Å². The first-order valence-corrected chi connectivity index (χ1v) is 17.8. The van der Waals surface area contributed by atoms with E-state index in [9.17, 15) is 0 Å². The summed E-state index contributed by atoms with van der Waals surface area (Å²) in [5.41, 5.74) is 21.1. The van der Waals surface area contributed by atoms with Crippen molar-refractivity contribution < 1.29 is 19.5 Å². The van der Waals surface area contributed by atoms with Crippen molar-refractivity contribution >= 4 is 46.4 Å². The van der Waals surface area contributed by atoms with Crippen molar-refractivity contribution in [1.82, 2.24) is 19.9 Å². The van der Waals surface area contributed by atoms with Gasteiger partial charge in [-0.25, -0.2) is 9.97 Å². The van der Waals surface area contributed by atoms with E-state index in [-0.39, 0.29) is 19.5 Å². The average molecular weight is 736 g/mol. The van der Waals surface area contributed by atoms with E-state index >= 15 is 0 Å². The van der Waals surface area contributed by atoms with Crippen LogP contribution >= 0.6 is 0 Å². The van der Waals surface area contributed by atoms with Crippen molar-refractivity contribution in [3.05, 3.63) is 166 Å². The van der Waals surface area contributed by atoms with Gasteiger partial charge in [-0.1, -0.05) is 119 Å². The predicted molar refractivity (Wildman–Crippen MR) is 220 cm³/mol. The van der Waals surface area contributed by atoms with Crippen LogP contribution in [0.2, 0.25) is 0 Å². The molecule has 0 saturated heterocycles. The molecule has 0 fully saturated rings. The molecule has 53 heavy (non-hydrogen) atoms. The van der Waals surface area contributed by atoms with Gasteiger partial charge >= 0.3 is 0 Å². The molecule has 0 saturated carbocycles. The molecule has 2 aliphatic rings. The third-order valence-corrected chi connectivity index (χ3v) is 10.1. The number of aromatic amines is 2. The molecule has 4 aromatic carbocycles.